The fourth-order valence-corrected chi connectivity index (χ4v) is 3.25. The maximum atomic E-state index is 13.7. The number of nitrogens with zero attached hydrogens (tertiary/aromatic N) is 1. The van der Waals surface area contributed by atoms with Gasteiger partial charge in [-0.15, -0.1) is 11.3 Å². The molecule has 5 heteroatoms. The molecule has 1 N–H and O–H groups in total. The second kappa shape index (κ2) is 4.20. The van der Waals surface area contributed by atoms with Crippen LogP contribution in [0.2, 0.25) is 0 Å². The molecule has 1 aromatic carbocycles. The molecule has 0 unspecified atom stereocenters. The van der Waals surface area contributed by atoms with Gasteiger partial charge in [0.1, 0.15) is 11.5 Å². The third-order valence-corrected chi connectivity index (χ3v) is 4.27. The molecule has 3 nitrogen and oxygen atoms in total. The van der Waals surface area contributed by atoms with Gasteiger partial charge in [0.25, 0.3) is 0 Å². The summed E-state index contributed by atoms with van der Waals surface area (Å²) in [6.45, 7) is 0. The summed E-state index contributed by atoms with van der Waals surface area (Å²) in [5.41, 5.74) is 0.992. The van der Waals surface area contributed by atoms with Crippen LogP contribution in [0.25, 0.3) is 20.7 Å². The van der Waals surface area contributed by atoms with Crippen molar-refractivity contribution in [2.45, 2.75) is 0 Å². The first-order chi connectivity index (χ1) is 9.08. The van der Waals surface area contributed by atoms with Crippen molar-refractivity contribution in [1.82, 2.24) is 4.57 Å². The number of fused-ring (bicyclic) bond motifs is 1. The lowest BCUT2D eigenvalue weighted by atomic mass is 10.2. The fourth-order valence-electron chi connectivity index (χ4n) is 2.13. The van der Waals surface area contributed by atoms with Crippen molar-refractivity contribution in [1.29, 1.82) is 0 Å². The minimum Gasteiger partial charge on any atom is -0.477 e. The van der Waals surface area contributed by atoms with E-state index < -0.39 is 5.97 Å². The molecule has 3 aromatic rings. The van der Waals surface area contributed by atoms with Crippen LogP contribution in [0.5, 0.6) is 0 Å². The second-order valence-electron chi connectivity index (χ2n) is 4.24. The molecule has 0 saturated carbocycles. The van der Waals surface area contributed by atoms with E-state index in [4.69, 9.17) is 5.11 Å². The Labute approximate surface area is 112 Å². The van der Waals surface area contributed by atoms with Gasteiger partial charge >= 0.3 is 5.97 Å². The number of carboxylic acid groups (broad SMARTS) is 1. The quantitative estimate of drug-likeness (QED) is 0.774. The number of aromatic carboxylic acids is 1. The zero-order valence-electron chi connectivity index (χ0n) is 10.1. The number of benzene rings is 1. The lowest BCUT2D eigenvalue weighted by molar-refractivity contribution is 0.0687. The van der Waals surface area contributed by atoms with Crippen molar-refractivity contribution in [3.05, 3.63) is 47.9 Å². The maximum absolute atomic E-state index is 13.7. The zero-order chi connectivity index (χ0) is 13.6. The summed E-state index contributed by atoms with van der Waals surface area (Å²) in [5, 5.41) is 9.86. The van der Waals surface area contributed by atoms with Gasteiger partial charge in [-0.1, -0.05) is 12.1 Å². The summed E-state index contributed by atoms with van der Waals surface area (Å²) in [5.74, 6) is -1.22. The number of halogens is 1. The van der Waals surface area contributed by atoms with E-state index in [2.05, 4.69) is 0 Å². The average molecular weight is 275 g/mol. The zero-order valence-corrected chi connectivity index (χ0v) is 10.9. The molecule has 0 saturated heterocycles. The Bertz CT molecular complexity index is 788. The largest absolute Gasteiger partial charge is 0.477 e. The van der Waals surface area contributed by atoms with E-state index in [0.29, 0.717) is 4.70 Å². The molecule has 0 aliphatic rings. The second-order valence-corrected chi connectivity index (χ2v) is 5.29. The summed E-state index contributed by atoms with van der Waals surface area (Å²) in [4.78, 5) is 11.9. The van der Waals surface area contributed by atoms with Crippen molar-refractivity contribution < 1.29 is 14.3 Å². The van der Waals surface area contributed by atoms with E-state index >= 15 is 0 Å². The smallest absolute Gasteiger partial charge is 0.352 e. The monoisotopic (exact) mass is 275 g/mol. The molecule has 0 aliphatic carbocycles. The van der Waals surface area contributed by atoms with Crippen molar-refractivity contribution in [3.63, 3.8) is 0 Å². The standard InChI is InChI=1S/C14H10FNO2S/c1-16-10(5-6-11(16)14(17)18)12-7-8-3-2-4-9(15)13(8)19-12/h2-7H,1H3,(H,17,18). The summed E-state index contributed by atoms with van der Waals surface area (Å²) in [6.07, 6.45) is 0. The molecular formula is C14H10FNO2S. The molecule has 0 bridgehead atoms. The van der Waals surface area contributed by atoms with Gasteiger partial charge in [-0.3, -0.25) is 0 Å². The van der Waals surface area contributed by atoms with Gasteiger partial charge in [-0.05, 0) is 29.7 Å². The minimum absolute atomic E-state index is 0.216. The Morgan fingerprint density at radius 3 is 2.74 bits per heavy atom. The highest BCUT2D eigenvalue weighted by molar-refractivity contribution is 7.22. The maximum Gasteiger partial charge on any atom is 0.352 e. The lowest BCUT2D eigenvalue weighted by Gasteiger charge is -2.02. The first-order valence-electron chi connectivity index (χ1n) is 5.65. The summed E-state index contributed by atoms with van der Waals surface area (Å²) < 4.78 is 15.9. The van der Waals surface area contributed by atoms with Gasteiger partial charge in [0.15, 0.2) is 0 Å². The Balaban J connectivity index is 2.20. The van der Waals surface area contributed by atoms with Crippen LogP contribution in [0.1, 0.15) is 10.5 Å². The lowest BCUT2D eigenvalue weighted by Crippen LogP contribution is -2.04. The predicted molar refractivity (Wildman–Crippen MR) is 73.1 cm³/mol. The highest BCUT2D eigenvalue weighted by Gasteiger charge is 2.14. The summed E-state index contributed by atoms with van der Waals surface area (Å²) in [7, 11) is 1.69. The Kier molecular flexibility index (Phi) is 2.64. The minimum atomic E-state index is -0.971. The normalized spacial score (nSPS) is 11.1. The summed E-state index contributed by atoms with van der Waals surface area (Å²) in [6, 6.07) is 10.1. The highest BCUT2D eigenvalue weighted by Crippen LogP contribution is 2.35. The molecule has 2 heterocycles. The van der Waals surface area contributed by atoms with E-state index in [1.807, 2.05) is 12.1 Å². The van der Waals surface area contributed by atoms with Crippen LogP contribution >= 0.6 is 11.3 Å². The summed E-state index contributed by atoms with van der Waals surface area (Å²) >= 11 is 1.33. The number of aromatic nitrogens is 1. The van der Waals surface area contributed by atoms with Crippen LogP contribution in [0.15, 0.2) is 36.4 Å². The Morgan fingerprint density at radius 2 is 2.11 bits per heavy atom. The molecule has 19 heavy (non-hydrogen) atoms. The molecule has 2 aromatic heterocycles. The topological polar surface area (TPSA) is 42.2 Å². The first-order valence-corrected chi connectivity index (χ1v) is 6.47. The van der Waals surface area contributed by atoms with Gasteiger partial charge < -0.3 is 9.67 Å². The molecule has 0 fully saturated rings. The van der Waals surface area contributed by atoms with Crippen LogP contribution in [0.3, 0.4) is 0 Å². The highest BCUT2D eigenvalue weighted by atomic mass is 32.1. The number of hydrogen-bond acceptors (Lipinski definition) is 2. The van der Waals surface area contributed by atoms with Gasteiger partial charge in [-0.2, -0.15) is 0 Å². The fraction of sp³-hybridized carbons (Fsp3) is 0.0714. The average Bonchev–Trinajstić information content (AvgIpc) is 2.93. The molecule has 96 valence electrons. The van der Waals surface area contributed by atoms with Gasteiger partial charge in [-0.25, -0.2) is 9.18 Å². The number of carbonyl (C=O) groups is 1. The van der Waals surface area contributed by atoms with Gasteiger partial charge in [0, 0.05) is 7.05 Å². The Morgan fingerprint density at radius 1 is 1.32 bits per heavy atom. The number of hydrogen-bond donors (Lipinski definition) is 1. The van der Waals surface area contributed by atoms with Crippen molar-refractivity contribution in [2.24, 2.45) is 7.05 Å². The van der Waals surface area contributed by atoms with Crippen LogP contribution in [0, 0.1) is 5.82 Å². The van der Waals surface area contributed by atoms with Crippen molar-refractivity contribution in [2.75, 3.05) is 0 Å². The van der Waals surface area contributed by atoms with Crippen LogP contribution in [-0.4, -0.2) is 15.6 Å². The van der Waals surface area contributed by atoms with Crippen LogP contribution in [0.4, 0.5) is 4.39 Å². The van der Waals surface area contributed by atoms with E-state index in [0.717, 1.165) is 16.0 Å². The van der Waals surface area contributed by atoms with E-state index in [1.54, 1.807) is 29.8 Å². The van der Waals surface area contributed by atoms with E-state index in [1.165, 1.54) is 17.4 Å². The molecule has 3 rings (SSSR count). The number of carboxylic acids is 1. The SMILES string of the molecule is Cn1c(C(=O)O)ccc1-c1cc2cccc(F)c2s1. The van der Waals surface area contributed by atoms with E-state index in [9.17, 15) is 9.18 Å². The Hall–Kier alpha value is -2.14. The van der Waals surface area contributed by atoms with Gasteiger partial charge in [0.2, 0.25) is 0 Å². The molecule has 0 spiro atoms. The van der Waals surface area contributed by atoms with Crippen molar-refractivity contribution in [3.8, 4) is 10.6 Å². The van der Waals surface area contributed by atoms with Gasteiger partial charge in [0.05, 0.1) is 15.3 Å². The molecule has 0 aliphatic heterocycles. The van der Waals surface area contributed by atoms with Crippen molar-refractivity contribution >= 4 is 27.4 Å². The number of thiophene rings is 1. The molecule has 0 amide bonds. The van der Waals surface area contributed by atoms with E-state index in [-0.39, 0.29) is 11.5 Å². The third kappa shape index (κ3) is 1.82. The number of rotatable bonds is 2. The molecule has 0 atom stereocenters. The first kappa shape index (κ1) is 11.9. The molecular weight excluding hydrogens is 265 g/mol. The third-order valence-electron chi connectivity index (χ3n) is 3.09. The molecule has 0 radical (unpaired) electrons. The van der Waals surface area contributed by atoms with Crippen LogP contribution < -0.4 is 0 Å². The van der Waals surface area contributed by atoms with Crippen LogP contribution in [-0.2, 0) is 7.05 Å². The predicted octanol–water partition coefficient (Wildman–Crippen LogP) is 3.74.